The molecule has 82 valence electrons. The maximum absolute atomic E-state index is 11.0. The molecule has 0 aliphatic heterocycles. The molecule has 16 heavy (non-hydrogen) atoms. The zero-order chi connectivity index (χ0) is 11.0. The third-order valence-corrected chi connectivity index (χ3v) is 2.80. The number of nitrogens with zero attached hydrogens (tertiary/aromatic N) is 2. The molecule has 4 nitrogen and oxygen atoms in total. The van der Waals surface area contributed by atoms with Crippen molar-refractivity contribution in [3.63, 3.8) is 0 Å². The highest BCUT2D eigenvalue weighted by atomic mass is 16.5. The lowest BCUT2D eigenvalue weighted by Gasteiger charge is -2.00. The van der Waals surface area contributed by atoms with E-state index in [4.69, 9.17) is 4.74 Å². The molecule has 0 spiro atoms. The highest BCUT2D eigenvalue weighted by Gasteiger charge is 2.23. The van der Waals surface area contributed by atoms with E-state index in [9.17, 15) is 4.79 Å². The summed E-state index contributed by atoms with van der Waals surface area (Å²) < 4.78 is 7.32. The van der Waals surface area contributed by atoms with Crippen molar-refractivity contribution >= 4 is 11.9 Å². The summed E-state index contributed by atoms with van der Waals surface area (Å²) in [4.78, 5) is 15.3. The Morgan fingerprint density at radius 2 is 2.38 bits per heavy atom. The highest BCUT2D eigenvalue weighted by molar-refractivity contribution is 5.78. The van der Waals surface area contributed by atoms with Gasteiger partial charge in [-0.1, -0.05) is 6.07 Å². The largest absolute Gasteiger partial charge is 0.476 e. The van der Waals surface area contributed by atoms with Gasteiger partial charge in [0.1, 0.15) is 11.3 Å². The van der Waals surface area contributed by atoms with Gasteiger partial charge in [-0.15, -0.1) is 0 Å². The molecule has 0 radical (unpaired) electrons. The Hall–Kier alpha value is -1.84. The molecule has 0 amide bonds. The van der Waals surface area contributed by atoms with Crippen LogP contribution in [0.15, 0.2) is 24.4 Å². The number of hydrogen-bond donors (Lipinski definition) is 0. The zero-order valence-corrected chi connectivity index (χ0v) is 8.80. The van der Waals surface area contributed by atoms with Crippen LogP contribution in [0, 0.1) is 5.92 Å². The second-order valence-electron chi connectivity index (χ2n) is 4.10. The van der Waals surface area contributed by atoms with Crippen molar-refractivity contribution in [2.45, 2.75) is 12.8 Å². The molecule has 4 heteroatoms. The number of fused-ring (bicyclic) bond motifs is 1. The standard InChI is InChI=1S/C12H12N2O2/c15-7-10-12(16-8-9-4-5-9)13-11-3-1-2-6-14(10)11/h1-3,6-7,9H,4-5,8H2. The Kier molecular flexibility index (Phi) is 2.13. The molecule has 0 N–H and O–H groups in total. The summed E-state index contributed by atoms with van der Waals surface area (Å²) in [6.07, 6.45) is 5.06. The summed E-state index contributed by atoms with van der Waals surface area (Å²) >= 11 is 0. The molecule has 1 fully saturated rings. The number of imidazole rings is 1. The lowest BCUT2D eigenvalue weighted by atomic mass is 10.4. The SMILES string of the molecule is O=Cc1c(OCC2CC2)nc2ccccn12. The number of hydrogen-bond acceptors (Lipinski definition) is 3. The molecule has 0 atom stereocenters. The zero-order valence-electron chi connectivity index (χ0n) is 8.80. The minimum Gasteiger partial charge on any atom is -0.476 e. The van der Waals surface area contributed by atoms with Gasteiger partial charge in [-0.2, -0.15) is 4.98 Å². The van der Waals surface area contributed by atoms with Gasteiger partial charge in [0.15, 0.2) is 6.29 Å². The Balaban J connectivity index is 1.97. The van der Waals surface area contributed by atoms with Crippen molar-refractivity contribution in [2.75, 3.05) is 6.61 Å². The van der Waals surface area contributed by atoms with Gasteiger partial charge in [0.25, 0.3) is 0 Å². The van der Waals surface area contributed by atoms with Crippen molar-refractivity contribution < 1.29 is 9.53 Å². The minimum absolute atomic E-state index is 0.452. The number of carbonyl (C=O) groups excluding carboxylic acids is 1. The van der Waals surface area contributed by atoms with E-state index < -0.39 is 0 Å². The highest BCUT2D eigenvalue weighted by Crippen LogP contribution is 2.30. The van der Waals surface area contributed by atoms with Crippen molar-refractivity contribution in [1.29, 1.82) is 0 Å². The van der Waals surface area contributed by atoms with E-state index in [1.165, 1.54) is 12.8 Å². The second-order valence-corrected chi connectivity index (χ2v) is 4.10. The Bertz CT molecular complexity index is 529. The number of ether oxygens (including phenoxy) is 1. The first kappa shape index (κ1) is 9.39. The Labute approximate surface area is 92.9 Å². The number of aldehydes is 1. The third kappa shape index (κ3) is 1.56. The van der Waals surface area contributed by atoms with Gasteiger partial charge in [0, 0.05) is 6.20 Å². The van der Waals surface area contributed by atoms with Crippen LogP contribution in [0.3, 0.4) is 0 Å². The number of aromatic nitrogens is 2. The molecule has 1 aliphatic rings. The lowest BCUT2D eigenvalue weighted by molar-refractivity contribution is 0.111. The van der Waals surface area contributed by atoms with Crippen LogP contribution >= 0.6 is 0 Å². The molecule has 0 aromatic carbocycles. The van der Waals surface area contributed by atoms with Crippen LogP contribution in [-0.2, 0) is 0 Å². The molecule has 2 aromatic heterocycles. The maximum atomic E-state index is 11.0. The lowest BCUT2D eigenvalue weighted by Crippen LogP contribution is -2.01. The summed E-state index contributed by atoms with van der Waals surface area (Å²) in [5.41, 5.74) is 1.24. The fourth-order valence-electron chi connectivity index (χ4n) is 1.69. The minimum atomic E-state index is 0.452. The first-order valence-corrected chi connectivity index (χ1v) is 5.43. The molecular weight excluding hydrogens is 204 g/mol. The Morgan fingerprint density at radius 3 is 3.12 bits per heavy atom. The summed E-state index contributed by atoms with van der Waals surface area (Å²) in [6, 6.07) is 5.62. The van der Waals surface area contributed by atoms with Crippen LogP contribution in [0.1, 0.15) is 23.3 Å². The van der Waals surface area contributed by atoms with Gasteiger partial charge >= 0.3 is 0 Å². The van der Waals surface area contributed by atoms with E-state index in [0.29, 0.717) is 24.1 Å². The molecule has 1 saturated carbocycles. The third-order valence-electron chi connectivity index (χ3n) is 2.80. The second kappa shape index (κ2) is 3.63. The van der Waals surface area contributed by atoms with Gasteiger partial charge in [-0.3, -0.25) is 9.20 Å². The van der Waals surface area contributed by atoms with Gasteiger partial charge in [-0.25, -0.2) is 0 Å². The number of rotatable bonds is 4. The van der Waals surface area contributed by atoms with Crippen LogP contribution in [0.2, 0.25) is 0 Å². The van der Waals surface area contributed by atoms with Crippen molar-refractivity contribution in [3.8, 4) is 5.88 Å². The van der Waals surface area contributed by atoms with Gasteiger partial charge in [0.05, 0.1) is 6.61 Å². The molecule has 1 aliphatic carbocycles. The fourth-order valence-corrected chi connectivity index (χ4v) is 1.69. The Morgan fingerprint density at radius 1 is 1.50 bits per heavy atom. The van der Waals surface area contributed by atoms with Crippen LogP contribution in [0.5, 0.6) is 5.88 Å². The fraction of sp³-hybridized carbons (Fsp3) is 0.333. The summed E-state index contributed by atoms with van der Waals surface area (Å²) in [5.74, 6) is 1.11. The monoisotopic (exact) mass is 216 g/mol. The summed E-state index contributed by atoms with van der Waals surface area (Å²) in [7, 11) is 0. The molecule has 2 heterocycles. The van der Waals surface area contributed by atoms with Crippen LogP contribution in [-0.4, -0.2) is 22.3 Å². The first-order chi connectivity index (χ1) is 7.88. The van der Waals surface area contributed by atoms with Crippen molar-refractivity contribution in [1.82, 2.24) is 9.38 Å². The predicted molar refractivity (Wildman–Crippen MR) is 58.8 cm³/mol. The van der Waals surface area contributed by atoms with E-state index in [-0.39, 0.29) is 0 Å². The van der Waals surface area contributed by atoms with Crippen molar-refractivity contribution in [2.24, 2.45) is 5.92 Å². The first-order valence-electron chi connectivity index (χ1n) is 5.43. The van der Waals surface area contributed by atoms with E-state index in [1.54, 1.807) is 4.40 Å². The molecule has 0 bridgehead atoms. The van der Waals surface area contributed by atoms with Crippen LogP contribution in [0.25, 0.3) is 5.65 Å². The van der Waals surface area contributed by atoms with E-state index in [2.05, 4.69) is 4.98 Å². The van der Waals surface area contributed by atoms with Crippen LogP contribution in [0.4, 0.5) is 0 Å². The topological polar surface area (TPSA) is 43.6 Å². The average molecular weight is 216 g/mol. The normalized spacial score (nSPS) is 15.2. The van der Waals surface area contributed by atoms with Gasteiger partial charge in [0.2, 0.25) is 5.88 Å². The van der Waals surface area contributed by atoms with E-state index in [0.717, 1.165) is 11.9 Å². The number of carbonyl (C=O) groups is 1. The molecule has 3 rings (SSSR count). The molecule has 0 saturated heterocycles. The van der Waals surface area contributed by atoms with Gasteiger partial charge in [-0.05, 0) is 30.9 Å². The van der Waals surface area contributed by atoms with E-state index in [1.807, 2.05) is 24.4 Å². The predicted octanol–water partition coefficient (Wildman–Crippen LogP) is 1.94. The van der Waals surface area contributed by atoms with Crippen LogP contribution < -0.4 is 4.74 Å². The van der Waals surface area contributed by atoms with Crippen molar-refractivity contribution in [3.05, 3.63) is 30.1 Å². The summed E-state index contributed by atoms with van der Waals surface area (Å²) in [5, 5.41) is 0. The molecule has 2 aromatic rings. The van der Waals surface area contributed by atoms with E-state index >= 15 is 0 Å². The maximum Gasteiger partial charge on any atom is 0.243 e. The average Bonchev–Trinajstić information content (AvgIpc) is 3.07. The smallest absolute Gasteiger partial charge is 0.243 e. The molecular formula is C12H12N2O2. The molecule has 0 unspecified atom stereocenters. The number of pyridine rings is 1. The quantitative estimate of drug-likeness (QED) is 0.733. The van der Waals surface area contributed by atoms with Gasteiger partial charge < -0.3 is 4.74 Å². The summed E-state index contributed by atoms with van der Waals surface area (Å²) in [6.45, 7) is 0.671.